The van der Waals surface area contributed by atoms with Crippen molar-refractivity contribution in [3.05, 3.63) is 30.3 Å². The number of benzene rings is 1. The van der Waals surface area contributed by atoms with Crippen molar-refractivity contribution in [2.24, 2.45) is 0 Å². The molecule has 2 aromatic rings. The number of amides is 1. The Labute approximate surface area is 103 Å². The molecule has 1 heterocycles. The summed E-state index contributed by atoms with van der Waals surface area (Å²) in [6, 6.07) is 10.1. The highest BCUT2D eigenvalue weighted by atomic mass is 32.1. The lowest BCUT2D eigenvalue weighted by atomic mass is 10.2. The van der Waals surface area contributed by atoms with E-state index in [1.807, 2.05) is 30.3 Å². The van der Waals surface area contributed by atoms with Gasteiger partial charge in [-0.1, -0.05) is 30.3 Å². The maximum atomic E-state index is 11.0. The fourth-order valence-corrected chi connectivity index (χ4v) is 2.39. The normalized spacial score (nSPS) is 14.6. The molecule has 17 heavy (non-hydrogen) atoms. The highest BCUT2D eigenvalue weighted by Crippen LogP contribution is 2.32. The molecular formula is C12H11N3OS. The first-order valence-corrected chi connectivity index (χ1v) is 6.28. The smallest absolute Gasteiger partial charge is 0.216 e. The molecule has 3 rings (SSSR count). The summed E-state index contributed by atoms with van der Waals surface area (Å²) in [5.41, 5.74) is 0.983. The van der Waals surface area contributed by atoms with Crippen molar-refractivity contribution >= 4 is 23.1 Å². The lowest BCUT2D eigenvalue weighted by Crippen LogP contribution is -2.23. The third-order valence-corrected chi connectivity index (χ3v) is 3.45. The number of rotatable bonds is 4. The Bertz CT molecular complexity index is 522. The molecule has 4 nitrogen and oxygen atoms in total. The quantitative estimate of drug-likeness (QED) is 0.777. The van der Waals surface area contributed by atoms with Crippen molar-refractivity contribution < 1.29 is 4.79 Å². The van der Waals surface area contributed by atoms with E-state index in [0.29, 0.717) is 17.0 Å². The van der Waals surface area contributed by atoms with Crippen LogP contribution < -0.4 is 4.90 Å². The number of hydrogen-bond acceptors (Lipinski definition) is 4. The van der Waals surface area contributed by atoms with Crippen LogP contribution in [0.3, 0.4) is 0 Å². The molecular weight excluding hydrogens is 234 g/mol. The maximum Gasteiger partial charge on any atom is 0.216 e. The largest absolute Gasteiger partial charge is 0.286 e. The minimum atomic E-state index is 0.337. The fourth-order valence-electron chi connectivity index (χ4n) is 1.66. The van der Waals surface area contributed by atoms with E-state index in [4.69, 9.17) is 0 Å². The molecule has 1 amide bonds. The van der Waals surface area contributed by atoms with Crippen molar-refractivity contribution in [3.63, 3.8) is 0 Å². The maximum absolute atomic E-state index is 11.0. The molecule has 0 atom stereocenters. The minimum Gasteiger partial charge on any atom is -0.286 e. The fraction of sp³-hybridized carbons (Fsp3) is 0.250. The Morgan fingerprint density at radius 3 is 2.71 bits per heavy atom. The number of carbonyl (C=O) groups excluding carboxylic acids is 1. The van der Waals surface area contributed by atoms with Crippen molar-refractivity contribution in [3.8, 4) is 11.4 Å². The number of aromatic nitrogens is 2. The molecule has 86 valence electrons. The number of hydrogen-bond donors (Lipinski definition) is 0. The molecule has 0 radical (unpaired) electrons. The van der Waals surface area contributed by atoms with E-state index in [2.05, 4.69) is 9.36 Å². The van der Waals surface area contributed by atoms with Crippen LogP contribution in [0.2, 0.25) is 0 Å². The number of anilines is 1. The van der Waals surface area contributed by atoms with E-state index in [-0.39, 0.29) is 0 Å². The first-order valence-electron chi connectivity index (χ1n) is 5.51. The standard InChI is InChI=1S/C12H11N3OS/c16-8-15(10-6-7-10)12-13-11(14-17-12)9-4-2-1-3-5-9/h1-5,8,10H,6-7H2. The van der Waals surface area contributed by atoms with Crippen LogP contribution in [0.4, 0.5) is 5.13 Å². The third kappa shape index (κ3) is 2.06. The van der Waals surface area contributed by atoms with Crippen LogP contribution in [0.5, 0.6) is 0 Å². The first-order chi connectivity index (χ1) is 8.38. The first kappa shape index (κ1) is 10.4. The van der Waals surface area contributed by atoms with Crippen molar-refractivity contribution in [2.45, 2.75) is 18.9 Å². The van der Waals surface area contributed by atoms with Gasteiger partial charge in [0.1, 0.15) is 0 Å². The molecule has 1 aliphatic rings. The molecule has 5 heteroatoms. The highest BCUT2D eigenvalue weighted by molar-refractivity contribution is 7.10. The topological polar surface area (TPSA) is 46.1 Å². The van der Waals surface area contributed by atoms with Gasteiger partial charge in [0.2, 0.25) is 11.5 Å². The average molecular weight is 245 g/mol. The zero-order valence-corrected chi connectivity index (χ0v) is 9.93. The molecule has 0 unspecified atom stereocenters. The average Bonchev–Trinajstić information content (AvgIpc) is 3.09. The molecule has 1 aromatic heterocycles. The molecule has 0 N–H and O–H groups in total. The molecule has 1 fully saturated rings. The zero-order chi connectivity index (χ0) is 11.7. The van der Waals surface area contributed by atoms with Crippen LogP contribution in [0, 0.1) is 0 Å². The summed E-state index contributed by atoms with van der Waals surface area (Å²) in [4.78, 5) is 17.1. The number of carbonyl (C=O) groups is 1. The van der Waals surface area contributed by atoms with Gasteiger partial charge < -0.3 is 0 Å². The van der Waals surface area contributed by atoms with E-state index in [1.165, 1.54) is 11.5 Å². The molecule has 0 spiro atoms. The second-order valence-electron chi connectivity index (χ2n) is 4.01. The molecule has 1 aromatic carbocycles. The zero-order valence-electron chi connectivity index (χ0n) is 9.11. The summed E-state index contributed by atoms with van der Waals surface area (Å²) in [7, 11) is 0. The Kier molecular flexibility index (Phi) is 2.60. The Hall–Kier alpha value is -1.75. The lowest BCUT2D eigenvalue weighted by molar-refractivity contribution is -0.107. The van der Waals surface area contributed by atoms with Gasteiger partial charge in [0, 0.05) is 23.1 Å². The second-order valence-corrected chi connectivity index (χ2v) is 4.74. The van der Waals surface area contributed by atoms with Crippen LogP contribution in [0.1, 0.15) is 12.8 Å². The van der Waals surface area contributed by atoms with Gasteiger partial charge in [0.25, 0.3) is 0 Å². The van der Waals surface area contributed by atoms with E-state index < -0.39 is 0 Å². The summed E-state index contributed by atoms with van der Waals surface area (Å²) in [6.07, 6.45) is 2.99. The predicted octanol–water partition coefficient (Wildman–Crippen LogP) is 2.33. The van der Waals surface area contributed by atoms with Crippen LogP contribution in [-0.4, -0.2) is 21.8 Å². The van der Waals surface area contributed by atoms with Crippen LogP contribution in [-0.2, 0) is 4.79 Å². The molecule has 0 saturated heterocycles. The Morgan fingerprint density at radius 1 is 1.29 bits per heavy atom. The monoisotopic (exact) mass is 245 g/mol. The summed E-state index contributed by atoms with van der Waals surface area (Å²) in [5, 5.41) is 0.696. The Balaban J connectivity index is 1.89. The van der Waals surface area contributed by atoms with E-state index in [1.54, 1.807) is 4.90 Å². The lowest BCUT2D eigenvalue weighted by Gasteiger charge is -2.10. The van der Waals surface area contributed by atoms with Gasteiger partial charge in [0.15, 0.2) is 5.82 Å². The van der Waals surface area contributed by atoms with Crippen molar-refractivity contribution in [1.82, 2.24) is 9.36 Å². The van der Waals surface area contributed by atoms with E-state index in [0.717, 1.165) is 24.8 Å². The summed E-state index contributed by atoms with van der Waals surface area (Å²) >= 11 is 1.28. The molecule has 1 saturated carbocycles. The van der Waals surface area contributed by atoms with Crippen molar-refractivity contribution in [1.29, 1.82) is 0 Å². The summed E-state index contributed by atoms with van der Waals surface area (Å²) in [5.74, 6) is 0.693. The highest BCUT2D eigenvalue weighted by Gasteiger charge is 2.31. The minimum absolute atomic E-state index is 0.337. The van der Waals surface area contributed by atoms with Gasteiger partial charge >= 0.3 is 0 Å². The van der Waals surface area contributed by atoms with Gasteiger partial charge in [0.05, 0.1) is 0 Å². The van der Waals surface area contributed by atoms with Gasteiger partial charge in [-0.3, -0.25) is 9.69 Å². The van der Waals surface area contributed by atoms with Gasteiger partial charge in [-0.05, 0) is 12.8 Å². The van der Waals surface area contributed by atoms with Crippen LogP contribution in [0.15, 0.2) is 30.3 Å². The van der Waals surface area contributed by atoms with Crippen LogP contribution >= 0.6 is 11.5 Å². The third-order valence-electron chi connectivity index (χ3n) is 2.72. The Morgan fingerprint density at radius 2 is 2.06 bits per heavy atom. The molecule has 1 aliphatic carbocycles. The van der Waals surface area contributed by atoms with Gasteiger partial charge in [-0.15, -0.1) is 0 Å². The van der Waals surface area contributed by atoms with E-state index in [9.17, 15) is 4.79 Å². The summed E-state index contributed by atoms with van der Waals surface area (Å²) in [6.45, 7) is 0. The van der Waals surface area contributed by atoms with Crippen LogP contribution in [0.25, 0.3) is 11.4 Å². The predicted molar refractivity (Wildman–Crippen MR) is 66.9 cm³/mol. The molecule has 0 aliphatic heterocycles. The molecule has 0 bridgehead atoms. The SMILES string of the molecule is O=CN(c1nc(-c2ccccc2)ns1)C1CC1. The van der Waals surface area contributed by atoms with E-state index >= 15 is 0 Å². The summed E-state index contributed by atoms with van der Waals surface area (Å²) < 4.78 is 4.30. The van der Waals surface area contributed by atoms with Gasteiger partial charge in [-0.25, -0.2) is 0 Å². The second kappa shape index (κ2) is 4.25. The number of nitrogens with zero attached hydrogens (tertiary/aromatic N) is 3. The van der Waals surface area contributed by atoms with Gasteiger partial charge in [-0.2, -0.15) is 9.36 Å². The van der Waals surface area contributed by atoms with Crippen molar-refractivity contribution in [2.75, 3.05) is 4.90 Å².